The monoisotopic (exact) mass is 455 g/mol. The molecule has 2 N–H and O–H groups in total. The van der Waals surface area contributed by atoms with Crippen LogP contribution in [0.2, 0.25) is 0 Å². The zero-order chi connectivity index (χ0) is 22.9. The van der Waals surface area contributed by atoms with E-state index in [9.17, 15) is 9.59 Å². The van der Waals surface area contributed by atoms with E-state index in [1.54, 1.807) is 0 Å². The Morgan fingerprint density at radius 1 is 1.12 bits per heavy atom. The van der Waals surface area contributed by atoms with Crippen LogP contribution in [0.4, 0.5) is 5.82 Å². The summed E-state index contributed by atoms with van der Waals surface area (Å²) in [6.45, 7) is 8.99. The standard InChI is InChI=1S/C24H33N5O2S/c1-4-11-25-24(31)20-6-5-12-29(15-20)21-9-10-23(28-27-21)32-16-22(30)26-14-19-8-7-17(2)18(3)13-19/h7-10,13,20H,4-6,11-12,14-16H2,1-3H3,(H,25,31)(H,26,30). The van der Waals surface area contributed by atoms with Crippen molar-refractivity contribution < 1.29 is 9.59 Å². The van der Waals surface area contributed by atoms with Crippen LogP contribution in [0.15, 0.2) is 35.4 Å². The van der Waals surface area contributed by atoms with Gasteiger partial charge < -0.3 is 15.5 Å². The molecule has 1 fully saturated rings. The molecule has 1 unspecified atom stereocenters. The summed E-state index contributed by atoms with van der Waals surface area (Å²) in [4.78, 5) is 26.6. The first-order chi connectivity index (χ1) is 15.5. The molecule has 1 aromatic heterocycles. The number of nitrogens with one attached hydrogen (secondary N) is 2. The van der Waals surface area contributed by atoms with Gasteiger partial charge >= 0.3 is 0 Å². The van der Waals surface area contributed by atoms with Crippen molar-refractivity contribution in [2.75, 3.05) is 30.3 Å². The Bertz CT molecular complexity index is 919. The summed E-state index contributed by atoms with van der Waals surface area (Å²) in [7, 11) is 0. The van der Waals surface area contributed by atoms with Gasteiger partial charge in [0, 0.05) is 26.2 Å². The minimum atomic E-state index is -0.0314. The summed E-state index contributed by atoms with van der Waals surface area (Å²) in [5.74, 6) is 1.16. The number of carbonyl (C=O) groups is 2. The van der Waals surface area contributed by atoms with Crippen LogP contribution >= 0.6 is 11.8 Å². The molecule has 32 heavy (non-hydrogen) atoms. The van der Waals surface area contributed by atoms with Gasteiger partial charge in [0.2, 0.25) is 11.8 Å². The topological polar surface area (TPSA) is 87.2 Å². The first kappa shape index (κ1) is 24.0. The first-order valence-electron chi connectivity index (χ1n) is 11.3. The molecule has 0 aliphatic carbocycles. The third-order valence-corrected chi connectivity index (χ3v) is 6.62. The minimum absolute atomic E-state index is 0.00726. The maximum atomic E-state index is 12.3. The zero-order valence-corrected chi connectivity index (χ0v) is 20.0. The lowest BCUT2D eigenvalue weighted by molar-refractivity contribution is -0.125. The molecule has 8 heteroatoms. The molecule has 1 aliphatic heterocycles. The van der Waals surface area contributed by atoms with Crippen molar-refractivity contribution >= 4 is 29.4 Å². The Balaban J connectivity index is 1.45. The van der Waals surface area contributed by atoms with Gasteiger partial charge in [0.05, 0.1) is 11.7 Å². The molecule has 0 saturated carbocycles. The van der Waals surface area contributed by atoms with Crippen LogP contribution in [-0.4, -0.2) is 47.4 Å². The Morgan fingerprint density at radius 3 is 2.69 bits per heavy atom. The van der Waals surface area contributed by atoms with Gasteiger partial charge in [0.25, 0.3) is 0 Å². The maximum Gasteiger partial charge on any atom is 0.230 e. The molecule has 0 radical (unpaired) electrons. The van der Waals surface area contributed by atoms with Gasteiger partial charge in [-0.25, -0.2) is 0 Å². The second-order valence-electron chi connectivity index (χ2n) is 8.29. The molecule has 2 aromatic rings. The Hall–Kier alpha value is -2.61. The number of benzene rings is 1. The lowest BCUT2D eigenvalue weighted by atomic mass is 9.97. The van der Waals surface area contributed by atoms with Crippen molar-refractivity contribution in [1.29, 1.82) is 0 Å². The molecule has 172 valence electrons. The number of aromatic nitrogens is 2. The van der Waals surface area contributed by atoms with E-state index in [2.05, 4.69) is 58.6 Å². The number of rotatable bonds is 9. The third-order valence-electron chi connectivity index (χ3n) is 5.70. The van der Waals surface area contributed by atoms with Gasteiger partial charge in [0.15, 0.2) is 5.82 Å². The lowest BCUT2D eigenvalue weighted by Crippen LogP contribution is -2.43. The van der Waals surface area contributed by atoms with Crippen molar-refractivity contribution in [3.05, 3.63) is 47.0 Å². The summed E-state index contributed by atoms with van der Waals surface area (Å²) < 4.78 is 0. The molecule has 2 amide bonds. The fourth-order valence-corrected chi connectivity index (χ4v) is 4.30. The number of thioether (sulfide) groups is 1. The number of hydrogen-bond donors (Lipinski definition) is 2. The normalized spacial score (nSPS) is 16.0. The summed E-state index contributed by atoms with van der Waals surface area (Å²) in [5, 5.41) is 15.3. The molecule has 0 bridgehead atoms. The predicted molar refractivity (Wildman–Crippen MR) is 129 cm³/mol. The van der Waals surface area contributed by atoms with Crippen LogP contribution < -0.4 is 15.5 Å². The van der Waals surface area contributed by atoms with E-state index < -0.39 is 0 Å². The van der Waals surface area contributed by atoms with Crippen LogP contribution in [0.1, 0.15) is 42.9 Å². The quantitative estimate of drug-likeness (QED) is 0.565. The molecular formula is C24H33N5O2S. The van der Waals surface area contributed by atoms with E-state index in [0.717, 1.165) is 43.7 Å². The van der Waals surface area contributed by atoms with Crippen molar-refractivity contribution in [2.45, 2.75) is 51.6 Å². The second kappa shape index (κ2) is 11.9. The van der Waals surface area contributed by atoms with Gasteiger partial charge in [-0.15, -0.1) is 10.2 Å². The molecule has 0 spiro atoms. The van der Waals surface area contributed by atoms with Crippen LogP contribution in [-0.2, 0) is 16.1 Å². The average molecular weight is 456 g/mol. The third kappa shape index (κ3) is 6.95. The van der Waals surface area contributed by atoms with Crippen molar-refractivity contribution in [3.63, 3.8) is 0 Å². The highest BCUT2D eigenvalue weighted by Crippen LogP contribution is 2.23. The van der Waals surface area contributed by atoms with E-state index in [1.807, 2.05) is 18.2 Å². The fourth-order valence-electron chi connectivity index (χ4n) is 3.66. The summed E-state index contributed by atoms with van der Waals surface area (Å²) >= 11 is 1.37. The van der Waals surface area contributed by atoms with Gasteiger partial charge in [-0.1, -0.05) is 36.9 Å². The molecule has 1 aliphatic rings. The summed E-state index contributed by atoms with van der Waals surface area (Å²) in [6.07, 6.45) is 2.81. The number of anilines is 1. The molecule has 7 nitrogen and oxygen atoms in total. The van der Waals surface area contributed by atoms with Gasteiger partial charge in [-0.3, -0.25) is 9.59 Å². The number of nitrogens with zero attached hydrogens (tertiary/aromatic N) is 3. The minimum Gasteiger partial charge on any atom is -0.356 e. The van der Waals surface area contributed by atoms with E-state index >= 15 is 0 Å². The SMILES string of the molecule is CCCNC(=O)C1CCCN(c2ccc(SCC(=O)NCc3ccc(C)c(C)c3)nn2)C1. The maximum absolute atomic E-state index is 12.3. The lowest BCUT2D eigenvalue weighted by Gasteiger charge is -2.32. The van der Waals surface area contributed by atoms with E-state index in [4.69, 9.17) is 0 Å². The Kier molecular flexibility index (Phi) is 8.90. The smallest absolute Gasteiger partial charge is 0.230 e. The first-order valence-corrected chi connectivity index (χ1v) is 12.3. The molecule has 1 saturated heterocycles. The Labute approximate surface area is 194 Å². The van der Waals surface area contributed by atoms with E-state index in [0.29, 0.717) is 23.9 Å². The summed E-state index contributed by atoms with van der Waals surface area (Å²) in [5.41, 5.74) is 3.57. The molecule has 3 rings (SSSR count). The molecule has 1 aromatic carbocycles. The van der Waals surface area contributed by atoms with Crippen LogP contribution in [0.3, 0.4) is 0 Å². The zero-order valence-electron chi connectivity index (χ0n) is 19.2. The van der Waals surface area contributed by atoms with E-state index in [-0.39, 0.29) is 17.7 Å². The molecule has 1 atom stereocenters. The van der Waals surface area contributed by atoms with E-state index in [1.165, 1.54) is 22.9 Å². The van der Waals surface area contributed by atoms with Gasteiger partial charge in [-0.2, -0.15) is 0 Å². The van der Waals surface area contributed by atoms with Crippen molar-refractivity contribution in [2.24, 2.45) is 5.92 Å². The van der Waals surface area contributed by atoms with Crippen LogP contribution in [0.25, 0.3) is 0 Å². The number of carbonyl (C=O) groups excluding carboxylic acids is 2. The van der Waals surface area contributed by atoms with Gasteiger partial charge in [-0.05, 0) is 61.9 Å². The number of piperidine rings is 1. The number of amides is 2. The second-order valence-corrected chi connectivity index (χ2v) is 9.29. The number of hydrogen-bond acceptors (Lipinski definition) is 6. The molecule has 2 heterocycles. The molecular weight excluding hydrogens is 422 g/mol. The van der Waals surface area contributed by atoms with Crippen molar-refractivity contribution in [1.82, 2.24) is 20.8 Å². The summed E-state index contributed by atoms with van der Waals surface area (Å²) in [6, 6.07) is 10.0. The Morgan fingerprint density at radius 2 is 1.97 bits per heavy atom. The highest BCUT2D eigenvalue weighted by Gasteiger charge is 2.26. The highest BCUT2D eigenvalue weighted by molar-refractivity contribution is 7.99. The average Bonchev–Trinajstić information content (AvgIpc) is 2.82. The fraction of sp³-hybridized carbons (Fsp3) is 0.500. The highest BCUT2D eigenvalue weighted by atomic mass is 32.2. The largest absolute Gasteiger partial charge is 0.356 e. The van der Waals surface area contributed by atoms with Crippen LogP contribution in [0.5, 0.6) is 0 Å². The predicted octanol–water partition coefficient (Wildman–Crippen LogP) is 3.24. The van der Waals surface area contributed by atoms with Crippen molar-refractivity contribution in [3.8, 4) is 0 Å². The van der Waals surface area contributed by atoms with Crippen LogP contribution in [0, 0.1) is 19.8 Å². The van der Waals surface area contributed by atoms with Gasteiger partial charge in [0.1, 0.15) is 5.03 Å². The number of aryl methyl sites for hydroxylation is 2.